The minimum absolute atomic E-state index is 0.269. The van der Waals surface area contributed by atoms with Gasteiger partial charge < -0.3 is 25.4 Å². The molecular formula is C23H26N6O2. The van der Waals surface area contributed by atoms with Crippen molar-refractivity contribution in [3.8, 4) is 23.0 Å². The summed E-state index contributed by atoms with van der Waals surface area (Å²) in [5.74, 6) is 1.19. The fourth-order valence-electron chi connectivity index (χ4n) is 4.20. The summed E-state index contributed by atoms with van der Waals surface area (Å²) in [4.78, 5) is 15.6. The molecule has 160 valence electrons. The Balaban J connectivity index is 1.42. The van der Waals surface area contributed by atoms with E-state index in [4.69, 9.17) is 15.2 Å². The van der Waals surface area contributed by atoms with E-state index in [1.807, 2.05) is 6.07 Å². The molecule has 1 aromatic carbocycles. The predicted octanol–water partition coefficient (Wildman–Crippen LogP) is 2.80. The zero-order valence-corrected chi connectivity index (χ0v) is 17.8. The Kier molecular flexibility index (Phi) is 5.07. The van der Waals surface area contributed by atoms with Crippen molar-refractivity contribution in [3.05, 3.63) is 52.8 Å². The number of aryl methyl sites for hydroxylation is 1. The summed E-state index contributed by atoms with van der Waals surface area (Å²) in [6.45, 7) is 5.81. The number of likely N-dealkylation sites (N-methyl/N-ethyl adjacent to an activating group) is 1. The van der Waals surface area contributed by atoms with Gasteiger partial charge in [-0.05, 0) is 55.3 Å². The number of nitrogens with two attached hydrogens (primary N) is 1. The van der Waals surface area contributed by atoms with E-state index >= 15 is 0 Å². The highest BCUT2D eigenvalue weighted by Crippen LogP contribution is 2.32. The minimum Gasteiger partial charge on any atom is -0.474 e. The van der Waals surface area contributed by atoms with E-state index in [0.717, 1.165) is 48.6 Å². The first-order valence-corrected chi connectivity index (χ1v) is 10.5. The topological polar surface area (TPSA) is 98.4 Å². The van der Waals surface area contributed by atoms with Crippen molar-refractivity contribution in [2.75, 3.05) is 37.8 Å². The Hall–Kier alpha value is -3.39. The number of fused-ring (bicyclic) bond motifs is 2. The second-order valence-corrected chi connectivity index (χ2v) is 8.08. The van der Waals surface area contributed by atoms with Crippen LogP contribution in [0.2, 0.25) is 0 Å². The third kappa shape index (κ3) is 3.86. The van der Waals surface area contributed by atoms with Gasteiger partial charge in [-0.3, -0.25) is 0 Å². The third-order valence-corrected chi connectivity index (χ3v) is 5.82. The summed E-state index contributed by atoms with van der Waals surface area (Å²) in [7, 11) is 2.15. The van der Waals surface area contributed by atoms with Gasteiger partial charge in [0, 0.05) is 37.0 Å². The fraction of sp³-hybridized carbons (Fsp3) is 0.348. The number of aromatic nitrogens is 3. The number of nitrogen functional groups attached to an aromatic ring is 1. The van der Waals surface area contributed by atoms with Crippen LogP contribution >= 0.6 is 0 Å². The molecule has 0 unspecified atom stereocenters. The monoisotopic (exact) mass is 418 g/mol. The van der Waals surface area contributed by atoms with Crippen LogP contribution in [0.4, 0.5) is 11.5 Å². The van der Waals surface area contributed by atoms with Gasteiger partial charge in [0.15, 0.2) is 5.82 Å². The van der Waals surface area contributed by atoms with E-state index in [-0.39, 0.29) is 12.4 Å². The molecule has 31 heavy (non-hydrogen) atoms. The van der Waals surface area contributed by atoms with Gasteiger partial charge in [-0.15, -0.1) is 0 Å². The SMILES string of the molecule is Cc1cc(-c2cnc(N)c(OCc3ccnc4c3NCCO4)n2)cc2c1CCN(C)C2. The number of hydrogen-bond donors (Lipinski definition) is 2. The molecule has 0 aliphatic carbocycles. The number of nitrogens with one attached hydrogen (secondary N) is 1. The second-order valence-electron chi connectivity index (χ2n) is 8.08. The molecule has 4 heterocycles. The highest BCUT2D eigenvalue weighted by molar-refractivity contribution is 5.64. The number of ether oxygens (including phenoxy) is 2. The molecule has 3 N–H and O–H groups in total. The molecule has 0 amide bonds. The zero-order valence-electron chi connectivity index (χ0n) is 17.8. The second kappa shape index (κ2) is 8.03. The third-order valence-electron chi connectivity index (χ3n) is 5.82. The largest absolute Gasteiger partial charge is 0.474 e. The number of anilines is 2. The Morgan fingerprint density at radius 2 is 2.19 bits per heavy atom. The molecule has 0 radical (unpaired) electrons. The molecule has 0 saturated carbocycles. The molecule has 8 nitrogen and oxygen atoms in total. The summed E-state index contributed by atoms with van der Waals surface area (Å²) in [6, 6.07) is 6.29. The molecular weight excluding hydrogens is 392 g/mol. The van der Waals surface area contributed by atoms with Crippen molar-refractivity contribution in [2.45, 2.75) is 26.5 Å². The summed E-state index contributed by atoms with van der Waals surface area (Å²) >= 11 is 0. The van der Waals surface area contributed by atoms with Crippen LogP contribution in [-0.4, -0.2) is 46.6 Å². The van der Waals surface area contributed by atoms with Gasteiger partial charge in [0.2, 0.25) is 5.88 Å². The quantitative estimate of drug-likeness (QED) is 0.667. The molecule has 2 aromatic heterocycles. The van der Waals surface area contributed by atoms with E-state index in [9.17, 15) is 0 Å². The fourth-order valence-corrected chi connectivity index (χ4v) is 4.20. The highest BCUT2D eigenvalue weighted by Gasteiger charge is 2.19. The molecule has 0 bridgehead atoms. The Labute approximate surface area is 181 Å². The predicted molar refractivity (Wildman–Crippen MR) is 119 cm³/mol. The summed E-state index contributed by atoms with van der Waals surface area (Å²) in [6.07, 6.45) is 4.50. The summed E-state index contributed by atoms with van der Waals surface area (Å²) < 4.78 is 11.6. The van der Waals surface area contributed by atoms with Crippen molar-refractivity contribution < 1.29 is 9.47 Å². The summed E-state index contributed by atoms with van der Waals surface area (Å²) in [5, 5.41) is 3.32. The molecule has 0 saturated heterocycles. The van der Waals surface area contributed by atoms with Crippen molar-refractivity contribution >= 4 is 11.5 Å². The van der Waals surface area contributed by atoms with E-state index in [2.05, 4.69) is 51.3 Å². The number of hydrogen-bond acceptors (Lipinski definition) is 8. The summed E-state index contributed by atoms with van der Waals surface area (Å²) in [5.41, 5.74) is 13.7. The van der Waals surface area contributed by atoms with Gasteiger partial charge in [-0.25, -0.2) is 15.0 Å². The average molecular weight is 419 g/mol. The first-order valence-electron chi connectivity index (χ1n) is 10.5. The maximum absolute atomic E-state index is 6.07. The number of nitrogens with zero attached hydrogens (tertiary/aromatic N) is 4. The smallest absolute Gasteiger partial charge is 0.258 e. The van der Waals surface area contributed by atoms with Gasteiger partial charge in [0.05, 0.1) is 11.9 Å². The first-order chi connectivity index (χ1) is 15.1. The Morgan fingerprint density at radius 3 is 3.10 bits per heavy atom. The van der Waals surface area contributed by atoms with Crippen molar-refractivity contribution in [1.82, 2.24) is 19.9 Å². The lowest BCUT2D eigenvalue weighted by atomic mass is 9.92. The van der Waals surface area contributed by atoms with Crippen molar-refractivity contribution in [3.63, 3.8) is 0 Å². The van der Waals surface area contributed by atoms with Crippen LogP contribution in [-0.2, 0) is 19.6 Å². The molecule has 8 heteroatoms. The molecule has 5 rings (SSSR count). The molecule has 0 spiro atoms. The molecule has 2 aliphatic rings. The first kappa shape index (κ1) is 19.6. The maximum atomic E-state index is 6.07. The van der Waals surface area contributed by atoms with Crippen LogP contribution in [0.1, 0.15) is 22.3 Å². The molecule has 2 aliphatic heterocycles. The highest BCUT2D eigenvalue weighted by atomic mass is 16.5. The van der Waals surface area contributed by atoms with Gasteiger partial charge in [-0.2, -0.15) is 0 Å². The number of pyridine rings is 1. The Morgan fingerprint density at radius 1 is 1.29 bits per heavy atom. The van der Waals surface area contributed by atoms with Crippen LogP contribution in [0.3, 0.4) is 0 Å². The van der Waals surface area contributed by atoms with Crippen LogP contribution < -0.4 is 20.5 Å². The van der Waals surface area contributed by atoms with Crippen LogP contribution in [0.5, 0.6) is 11.8 Å². The van der Waals surface area contributed by atoms with E-state index < -0.39 is 0 Å². The lowest BCUT2D eigenvalue weighted by Crippen LogP contribution is -2.27. The maximum Gasteiger partial charge on any atom is 0.258 e. The van der Waals surface area contributed by atoms with Gasteiger partial charge in [0.1, 0.15) is 18.9 Å². The lowest BCUT2D eigenvalue weighted by Gasteiger charge is -2.27. The van der Waals surface area contributed by atoms with Crippen LogP contribution in [0.15, 0.2) is 30.6 Å². The van der Waals surface area contributed by atoms with Crippen molar-refractivity contribution in [2.24, 2.45) is 0 Å². The Bertz CT molecular complexity index is 1130. The zero-order chi connectivity index (χ0) is 21.4. The number of rotatable bonds is 4. The van der Waals surface area contributed by atoms with Crippen LogP contribution in [0, 0.1) is 6.92 Å². The van der Waals surface area contributed by atoms with E-state index in [0.29, 0.717) is 18.4 Å². The van der Waals surface area contributed by atoms with Crippen LogP contribution in [0.25, 0.3) is 11.3 Å². The average Bonchev–Trinajstić information content (AvgIpc) is 2.78. The normalized spacial score (nSPS) is 15.4. The van der Waals surface area contributed by atoms with E-state index in [1.54, 1.807) is 12.4 Å². The van der Waals surface area contributed by atoms with E-state index in [1.165, 1.54) is 16.7 Å². The van der Waals surface area contributed by atoms with Gasteiger partial charge in [-0.1, -0.05) is 0 Å². The van der Waals surface area contributed by atoms with Gasteiger partial charge >= 0.3 is 0 Å². The minimum atomic E-state index is 0.269. The lowest BCUT2D eigenvalue weighted by molar-refractivity contribution is 0.288. The number of benzene rings is 1. The molecule has 0 fully saturated rings. The molecule has 3 aromatic rings. The van der Waals surface area contributed by atoms with Gasteiger partial charge in [0.25, 0.3) is 5.88 Å². The van der Waals surface area contributed by atoms with Crippen molar-refractivity contribution in [1.29, 1.82) is 0 Å². The molecule has 0 atom stereocenters. The standard InChI is InChI=1S/C23H26N6O2/c1-14-9-16(10-17-12-29(2)7-4-18(14)17)19-11-27-21(24)23(28-19)31-13-15-3-5-26-22-20(15)25-6-8-30-22/h3,5,9-11,25H,4,6-8,12-13H2,1-2H3,(H2,24,27).